The highest BCUT2D eigenvalue weighted by Gasteiger charge is 2.40. The zero-order valence-corrected chi connectivity index (χ0v) is 11.2. The fourth-order valence-electron chi connectivity index (χ4n) is 3.46. The van der Waals surface area contributed by atoms with Gasteiger partial charge in [0.15, 0.2) is 0 Å². The minimum Gasteiger partial charge on any atom is -0.330 e. The molecule has 0 radical (unpaired) electrons. The summed E-state index contributed by atoms with van der Waals surface area (Å²) >= 11 is 0. The maximum Gasteiger partial charge on any atom is 0.223 e. The van der Waals surface area contributed by atoms with Gasteiger partial charge in [-0.25, -0.2) is 0 Å². The summed E-state index contributed by atoms with van der Waals surface area (Å²) in [5, 5.41) is 0. The van der Waals surface area contributed by atoms with Gasteiger partial charge in [0, 0.05) is 24.7 Å². The van der Waals surface area contributed by atoms with Crippen LogP contribution in [0, 0.1) is 0 Å². The van der Waals surface area contributed by atoms with Gasteiger partial charge in [-0.1, -0.05) is 18.9 Å². The molecule has 2 fully saturated rings. The molecule has 0 spiro atoms. The van der Waals surface area contributed by atoms with Crippen LogP contribution < -0.4 is 5.73 Å². The third-order valence-corrected chi connectivity index (χ3v) is 4.39. The molecule has 2 heterocycles. The molecule has 4 nitrogen and oxygen atoms in total. The molecule has 1 amide bonds. The monoisotopic (exact) mass is 259 g/mol. The molecule has 0 bridgehead atoms. The topological polar surface area (TPSA) is 59.2 Å². The van der Waals surface area contributed by atoms with Crippen molar-refractivity contribution in [2.45, 2.75) is 56.7 Å². The summed E-state index contributed by atoms with van der Waals surface area (Å²) < 4.78 is 0. The number of likely N-dealkylation sites (tertiary alicyclic amines) is 1. The van der Waals surface area contributed by atoms with E-state index < -0.39 is 0 Å². The van der Waals surface area contributed by atoms with Crippen LogP contribution in [0.5, 0.6) is 0 Å². The normalized spacial score (nSPS) is 28.9. The number of piperidine rings is 1. The Bertz CT molecular complexity index is 442. The predicted octanol–water partition coefficient (Wildman–Crippen LogP) is 2.01. The number of carbonyl (C=O) groups is 1. The first kappa shape index (κ1) is 12.6. The second-order valence-electron chi connectivity index (χ2n) is 5.64. The Hall–Kier alpha value is -1.42. The molecule has 1 saturated carbocycles. The van der Waals surface area contributed by atoms with Gasteiger partial charge in [0.2, 0.25) is 5.91 Å². The van der Waals surface area contributed by atoms with Crippen LogP contribution in [0.1, 0.15) is 50.3 Å². The summed E-state index contributed by atoms with van der Waals surface area (Å²) in [6.45, 7) is 0. The molecule has 19 heavy (non-hydrogen) atoms. The predicted molar refractivity (Wildman–Crippen MR) is 73.3 cm³/mol. The fraction of sp³-hybridized carbons (Fsp3) is 0.600. The summed E-state index contributed by atoms with van der Waals surface area (Å²) in [4.78, 5) is 18.8. The van der Waals surface area contributed by atoms with E-state index >= 15 is 0 Å². The van der Waals surface area contributed by atoms with Crippen LogP contribution in [0.3, 0.4) is 0 Å². The molecule has 4 heteroatoms. The van der Waals surface area contributed by atoms with Gasteiger partial charge >= 0.3 is 0 Å². The first-order valence-electron chi connectivity index (χ1n) is 7.25. The number of nitrogens with zero attached hydrogens (tertiary/aromatic N) is 2. The Morgan fingerprint density at radius 1 is 1.21 bits per heavy atom. The van der Waals surface area contributed by atoms with E-state index in [1.807, 2.05) is 23.1 Å². The number of hydrogen-bond donors (Lipinski definition) is 1. The van der Waals surface area contributed by atoms with Crippen LogP contribution in [0.25, 0.3) is 0 Å². The third kappa shape index (κ3) is 2.37. The maximum absolute atomic E-state index is 12.4. The van der Waals surface area contributed by atoms with E-state index in [4.69, 9.17) is 5.73 Å². The van der Waals surface area contributed by atoms with Crippen molar-refractivity contribution in [2.75, 3.05) is 0 Å². The van der Waals surface area contributed by atoms with E-state index in [1.54, 1.807) is 6.20 Å². The Kier molecular flexibility index (Phi) is 3.51. The van der Waals surface area contributed by atoms with Crippen LogP contribution in [-0.2, 0) is 4.79 Å². The first-order chi connectivity index (χ1) is 9.27. The summed E-state index contributed by atoms with van der Waals surface area (Å²) in [6.07, 6.45) is 7.80. The second-order valence-corrected chi connectivity index (χ2v) is 5.64. The molecule has 1 aromatic rings. The molecule has 2 atom stereocenters. The van der Waals surface area contributed by atoms with Gasteiger partial charge in [-0.15, -0.1) is 0 Å². The molecule has 2 unspecified atom stereocenters. The molecule has 3 rings (SSSR count). The molecule has 0 aromatic carbocycles. The van der Waals surface area contributed by atoms with Gasteiger partial charge in [0.25, 0.3) is 0 Å². The molecule has 2 aliphatic rings. The second kappa shape index (κ2) is 5.29. The highest BCUT2D eigenvalue weighted by Crippen LogP contribution is 2.36. The number of amides is 1. The minimum atomic E-state index is -0.0365. The van der Waals surface area contributed by atoms with Crippen LogP contribution in [-0.4, -0.2) is 27.9 Å². The van der Waals surface area contributed by atoms with Crippen LogP contribution in [0.15, 0.2) is 24.4 Å². The largest absolute Gasteiger partial charge is 0.330 e. The summed E-state index contributed by atoms with van der Waals surface area (Å²) in [6, 6.07) is 6.20. The standard InChI is InChI=1S/C15H21N3O/c16-12-8-9-14(19)18(11-5-1-2-6-11)15(12)13-7-3-4-10-17-13/h3-4,7,10-12,15H,1-2,5-6,8-9,16H2. The van der Waals surface area contributed by atoms with Gasteiger partial charge in [-0.3, -0.25) is 9.78 Å². The molecule has 102 valence electrons. The van der Waals surface area contributed by atoms with Crippen molar-refractivity contribution in [2.24, 2.45) is 5.73 Å². The van der Waals surface area contributed by atoms with E-state index in [2.05, 4.69) is 4.98 Å². The SMILES string of the molecule is NC1CCC(=O)N(C2CCCC2)C1c1ccccn1. The number of pyridine rings is 1. The zero-order valence-electron chi connectivity index (χ0n) is 11.2. The van der Waals surface area contributed by atoms with E-state index in [-0.39, 0.29) is 18.0 Å². The Morgan fingerprint density at radius 2 is 2.00 bits per heavy atom. The van der Waals surface area contributed by atoms with Crippen molar-refractivity contribution in [3.8, 4) is 0 Å². The lowest BCUT2D eigenvalue weighted by molar-refractivity contribution is -0.140. The first-order valence-corrected chi connectivity index (χ1v) is 7.25. The maximum atomic E-state index is 12.4. The Labute approximate surface area is 114 Å². The van der Waals surface area contributed by atoms with Crippen molar-refractivity contribution in [3.05, 3.63) is 30.1 Å². The van der Waals surface area contributed by atoms with E-state index in [9.17, 15) is 4.79 Å². The molecule has 1 aliphatic heterocycles. The molecule has 1 aromatic heterocycles. The highest BCUT2D eigenvalue weighted by molar-refractivity contribution is 5.78. The van der Waals surface area contributed by atoms with Crippen LogP contribution >= 0.6 is 0 Å². The fourth-order valence-corrected chi connectivity index (χ4v) is 3.46. The van der Waals surface area contributed by atoms with Crippen LogP contribution in [0.2, 0.25) is 0 Å². The van der Waals surface area contributed by atoms with Gasteiger partial charge in [-0.2, -0.15) is 0 Å². The summed E-state index contributed by atoms with van der Waals surface area (Å²) in [7, 11) is 0. The highest BCUT2D eigenvalue weighted by atomic mass is 16.2. The molecule has 1 saturated heterocycles. The minimum absolute atomic E-state index is 0.00759. The van der Waals surface area contributed by atoms with Crippen molar-refractivity contribution in [1.82, 2.24) is 9.88 Å². The average molecular weight is 259 g/mol. The van der Waals surface area contributed by atoms with Gasteiger partial charge in [0.05, 0.1) is 11.7 Å². The lowest BCUT2D eigenvalue weighted by atomic mass is 9.91. The van der Waals surface area contributed by atoms with E-state index in [0.29, 0.717) is 12.5 Å². The van der Waals surface area contributed by atoms with Gasteiger partial charge in [0.1, 0.15) is 0 Å². The molecular formula is C15H21N3O. The smallest absolute Gasteiger partial charge is 0.223 e. The number of rotatable bonds is 2. The van der Waals surface area contributed by atoms with Gasteiger partial charge in [-0.05, 0) is 31.4 Å². The summed E-state index contributed by atoms with van der Waals surface area (Å²) in [5.74, 6) is 0.254. The van der Waals surface area contributed by atoms with Crippen molar-refractivity contribution in [1.29, 1.82) is 0 Å². The number of hydrogen-bond acceptors (Lipinski definition) is 3. The van der Waals surface area contributed by atoms with Crippen molar-refractivity contribution in [3.63, 3.8) is 0 Å². The molecule has 2 N–H and O–H groups in total. The summed E-state index contributed by atoms with van der Waals surface area (Å²) in [5.41, 5.74) is 7.24. The van der Waals surface area contributed by atoms with Gasteiger partial charge < -0.3 is 10.6 Å². The number of nitrogens with two attached hydrogens (primary N) is 1. The third-order valence-electron chi connectivity index (χ3n) is 4.39. The number of aromatic nitrogens is 1. The number of carbonyl (C=O) groups excluding carboxylic acids is 1. The molecule has 1 aliphatic carbocycles. The Balaban J connectivity index is 1.93. The lowest BCUT2D eigenvalue weighted by Crippen LogP contribution is -2.52. The average Bonchev–Trinajstić information content (AvgIpc) is 2.96. The Morgan fingerprint density at radius 3 is 2.68 bits per heavy atom. The molecular weight excluding hydrogens is 238 g/mol. The van der Waals surface area contributed by atoms with E-state index in [1.165, 1.54) is 12.8 Å². The quantitative estimate of drug-likeness (QED) is 0.884. The van der Waals surface area contributed by atoms with Crippen molar-refractivity contribution >= 4 is 5.91 Å². The van der Waals surface area contributed by atoms with Crippen LogP contribution in [0.4, 0.5) is 0 Å². The van der Waals surface area contributed by atoms with E-state index in [0.717, 1.165) is 25.0 Å². The zero-order chi connectivity index (χ0) is 13.2. The lowest BCUT2D eigenvalue weighted by Gasteiger charge is -2.42. The van der Waals surface area contributed by atoms with Crippen molar-refractivity contribution < 1.29 is 4.79 Å².